The summed E-state index contributed by atoms with van der Waals surface area (Å²) in [5.41, 5.74) is 9.97. The molecule has 0 aromatic carbocycles. The predicted octanol–water partition coefficient (Wildman–Crippen LogP) is 1.42. The van der Waals surface area contributed by atoms with E-state index >= 15 is 0 Å². The van der Waals surface area contributed by atoms with Gasteiger partial charge in [-0.15, -0.1) is 0 Å². The van der Waals surface area contributed by atoms with E-state index in [-0.39, 0.29) is 0 Å². The highest BCUT2D eigenvalue weighted by Gasteiger charge is 2.24. The summed E-state index contributed by atoms with van der Waals surface area (Å²) < 4.78 is 5.45. The monoisotopic (exact) mass is 230 g/mol. The molecule has 1 unspecified atom stereocenters. The van der Waals surface area contributed by atoms with Gasteiger partial charge >= 0.3 is 0 Å². The molecule has 0 rings (SSSR count). The third-order valence-electron chi connectivity index (χ3n) is 2.62. The summed E-state index contributed by atoms with van der Waals surface area (Å²) in [6.07, 6.45) is 3.63. The van der Waals surface area contributed by atoms with Crippen molar-refractivity contribution in [2.45, 2.75) is 52.0 Å². The Morgan fingerprint density at radius 1 is 1.31 bits per heavy atom. The van der Waals surface area contributed by atoms with E-state index in [0.29, 0.717) is 13.0 Å². The molecule has 0 aliphatic heterocycles. The van der Waals surface area contributed by atoms with Gasteiger partial charge in [0.1, 0.15) is 0 Å². The van der Waals surface area contributed by atoms with E-state index in [1.807, 2.05) is 0 Å². The molecule has 1 amide bonds. The first-order valence-electron chi connectivity index (χ1n) is 6.03. The van der Waals surface area contributed by atoms with Gasteiger partial charge in [0.05, 0.1) is 5.54 Å². The summed E-state index contributed by atoms with van der Waals surface area (Å²) in [5.74, 6) is 0.276. The lowest BCUT2D eigenvalue weighted by Crippen LogP contribution is -2.49. The topological polar surface area (TPSA) is 78.3 Å². The van der Waals surface area contributed by atoms with Crippen molar-refractivity contribution in [1.29, 1.82) is 0 Å². The van der Waals surface area contributed by atoms with Crippen LogP contribution in [0.5, 0.6) is 0 Å². The summed E-state index contributed by atoms with van der Waals surface area (Å²) in [6, 6.07) is 0. The van der Waals surface area contributed by atoms with Gasteiger partial charge < -0.3 is 16.2 Å². The van der Waals surface area contributed by atoms with Gasteiger partial charge in [0.2, 0.25) is 5.91 Å². The van der Waals surface area contributed by atoms with Gasteiger partial charge in [0.25, 0.3) is 0 Å². The Hall–Kier alpha value is -0.610. The number of ether oxygens (including phenoxy) is 1. The van der Waals surface area contributed by atoms with Crippen LogP contribution in [0.4, 0.5) is 0 Å². The first-order valence-corrected chi connectivity index (χ1v) is 6.03. The van der Waals surface area contributed by atoms with E-state index in [1.165, 1.54) is 6.42 Å². The molecule has 96 valence electrons. The largest absolute Gasteiger partial charge is 0.381 e. The molecule has 0 bridgehead atoms. The van der Waals surface area contributed by atoms with E-state index in [0.717, 1.165) is 25.4 Å². The van der Waals surface area contributed by atoms with Gasteiger partial charge in [-0.1, -0.05) is 13.8 Å². The molecule has 0 aromatic rings. The van der Waals surface area contributed by atoms with E-state index in [2.05, 4.69) is 13.8 Å². The van der Waals surface area contributed by atoms with Gasteiger partial charge in [0.15, 0.2) is 0 Å². The summed E-state index contributed by atoms with van der Waals surface area (Å²) in [5, 5.41) is 0. The molecule has 4 N–H and O–H groups in total. The average molecular weight is 230 g/mol. The molecule has 0 spiro atoms. The van der Waals surface area contributed by atoms with Crippen LogP contribution in [0.2, 0.25) is 0 Å². The first-order chi connectivity index (χ1) is 7.36. The Balaban J connectivity index is 3.37. The van der Waals surface area contributed by atoms with Crippen molar-refractivity contribution >= 4 is 5.91 Å². The standard InChI is InChI=1S/C12H26N2O2/c1-10(2)6-4-8-16-9-5-7-12(3,14)11(13)15/h10H,4-9,14H2,1-3H3,(H2,13,15). The van der Waals surface area contributed by atoms with Crippen LogP contribution < -0.4 is 11.5 Å². The van der Waals surface area contributed by atoms with E-state index in [4.69, 9.17) is 16.2 Å². The second-order valence-electron chi connectivity index (χ2n) is 5.03. The predicted molar refractivity (Wildman–Crippen MR) is 65.9 cm³/mol. The fourth-order valence-corrected chi connectivity index (χ4v) is 1.36. The van der Waals surface area contributed by atoms with Crippen LogP contribution >= 0.6 is 0 Å². The molecule has 0 saturated heterocycles. The molecule has 0 saturated carbocycles. The van der Waals surface area contributed by atoms with Crippen molar-refractivity contribution in [2.75, 3.05) is 13.2 Å². The number of hydrogen-bond acceptors (Lipinski definition) is 3. The normalized spacial score (nSPS) is 15.1. The molecule has 0 aliphatic rings. The number of carbonyl (C=O) groups excluding carboxylic acids is 1. The molecule has 0 radical (unpaired) electrons. The summed E-state index contributed by atoms with van der Waals surface area (Å²) in [4.78, 5) is 10.9. The van der Waals surface area contributed by atoms with Crippen molar-refractivity contribution in [3.05, 3.63) is 0 Å². The molecular weight excluding hydrogens is 204 g/mol. The molecule has 4 heteroatoms. The van der Waals surface area contributed by atoms with Crippen LogP contribution in [0.1, 0.15) is 46.5 Å². The minimum absolute atomic E-state index is 0.452. The lowest BCUT2D eigenvalue weighted by molar-refractivity contribution is -0.122. The number of hydrogen-bond donors (Lipinski definition) is 2. The van der Waals surface area contributed by atoms with E-state index in [1.54, 1.807) is 6.92 Å². The zero-order valence-electron chi connectivity index (χ0n) is 10.8. The Labute approximate surface area is 98.7 Å². The lowest BCUT2D eigenvalue weighted by atomic mass is 9.97. The molecule has 0 fully saturated rings. The van der Waals surface area contributed by atoms with Crippen molar-refractivity contribution in [2.24, 2.45) is 17.4 Å². The number of carbonyl (C=O) groups is 1. The van der Waals surface area contributed by atoms with Crippen LogP contribution in [0.15, 0.2) is 0 Å². The Morgan fingerprint density at radius 2 is 1.88 bits per heavy atom. The maximum Gasteiger partial charge on any atom is 0.237 e. The zero-order valence-corrected chi connectivity index (χ0v) is 10.8. The Bertz CT molecular complexity index is 203. The maximum absolute atomic E-state index is 10.9. The number of amides is 1. The fourth-order valence-electron chi connectivity index (χ4n) is 1.36. The van der Waals surface area contributed by atoms with Crippen molar-refractivity contribution in [1.82, 2.24) is 0 Å². The van der Waals surface area contributed by atoms with Gasteiger partial charge in [0, 0.05) is 13.2 Å². The van der Waals surface area contributed by atoms with Gasteiger partial charge in [-0.2, -0.15) is 0 Å². The molecule has 1 atom stereocenters. The smallest absolute Gasteiger partial charge is 0.237 e. The van der Waals surface area contributed by atoms with Gasteiger partial charge in [-0.05, 0) is 38.5 Å². The van der Waals surface area contributed by atoms with Crippen molar-refractivity contribution in [3.8, 4) is 0 Å². The van der Waals surface area contributed by atoms with Crippen LogP contribution in [-0.2, 0) is 9.53 Å². The molecule has 0 heterocycles. The second-order valence-corrected chi connectivity index (χ2v) is 5.03. The summed E-state index contributed by atoms with van der Waals surface area (Å²) >= 11 is 0. The van der Waals surface area contributed by atoms with Crippen molar-refractivity contribution in [3.63, 3.8) is 0 Å². The highest BCUT2D eigenvalue weighted by Crippen LogP contribution is 2.08. The number of primary amides is 1. The van der Waals surface area contributed by atoms with Crippen LogP contribution in [-0.4, -0.2) is 24.7 Å². The number of rotatable bonds is 9. The van der Waals surface area contributed by atoms with Crippen LogP contribution in [0.25, 0.3) is 0 Å². The van der Waals surface area contributed by atoms with Gasteiger partial charge in [-0.3, -0.25) is 4.79 Å². The van der Waals surface area contributed by atoms with Crippen molar-refractivity contribution < 1.29 is 9.53 Å². The second kappa shape index (κ2) is 7.63. The average Bonchev–Trinajstić information content (AvgIpc) is 2.15. The third-order valence-corrected chi connectivity index (χ3v) is 2.62. The minimum atomic E-state index is -0.901. The first kappa shape index (κ1) is 15.4. The Kier molecular flexibility index (Phi) is 7.34. The number of nitrogens with two attached hydrogens (primary N) is 2. The SMILES string of the molecule is CC(C)CCCOCCCC(C)(N)C(N)=O. The van der Waals surface area contributed by atoms with Crippen LogP contribution in [0, 0.1) is 5.92 Å². The lowest BCUT2D eigenvalue weighted by Gasteiger charge is -2.19. The molecule has 0 aromatic heterocycles. The Morgan fingerprint density at radius 3 is 2.38 bits per heavy atom. The van der Waals surface area contributed by atoms with Gasteiger partial charge in [-0.25, -0.2) is 0 Å². The summed E-state index contributed by atoms with van der Waals surface area (Å²) in [7, 11) is 0. The van der Waals surface area contributed by atoms with Crippen LogP contribution in [0.3, 0.4) is 0 Å². The highest BCUT2D eigenvalue weighted by molar-refractivity contribution is 5.83. The fraction of sp³-hybridized carbons (Fsp3) is 0.917. The summed E-state index contributed by atoms with van der Waals surface area (Å²) in [6.45, 7) is 7.50. The van der Waals surface area contributed by atoms with E-state index in [9.17, 15) is 4.79 Å². The third kappa shape index (κ3) is 7.65. The zero-order chi connectivity index (χ0) is 12.6. The maximum atomic E-state index is 10.9. The minimum Gasteiger partial charge on any atom is -0.381 e. The molecular formula is C12H26N2O2. The molecule has 4 nitrogen and oxygen atoms in total. The quantitative estimate of drug-likeness (QED) is 0.588. The molecule has 16 heavy (non-hydrogen) atoms. The molecule has 0 aliphatic carbocycles. The highest BCUT2D eigenvalue weighted by atomic mass is 16.5. The van der Waals surface area contributed by atoms with E-state index < -0.39 is 11.4 Å².